The van der Waals surface area contributed by atoms with Crippen molar-refractivity contribution in [3.63, 3.8) is 0 Å². The van der Waals surface area contributed by atoms with Crippen LogP contribution in [0.2, 0.25) is 0 Å². The predicted molar refractivity (Wildman–Crippen MR) is 116 cm³/mol. The minimum atomic E-state index is -4.57. The predicted octanol–water partition coefficient (Wildman–Crippen LogP) is 4.11. The molecule has 3 N–H and O–H groups in total. The Morgan fingerprint density at radius 2 is 2.13 bits per heavy atom. The molecule has 4 rings (SSSR count). The molecule has 0 amide bonds. The zero-order valence-electron chi connectivity index (χ0n) is 17.4. The highest BCUT2D eigenvalue weighted by molar-refractivity contribution is 5.90. The number of morpholine rings is 1. The fourth-order valence-corrected chi connectivity index (χ4v) is 4.19. The smallest absolute Gasteiger partial charge is 0.370 e. The molecule has 3 aromatic rings. The summed E-state index contributed by atoms with van der Waals surface area (Å²) in [6.07, 6.45) is -2.27. The van der Waals surface area contributed by atoms with Crippen molar-refractivity contribution in [1.29, 1.82) is 0 Å². The number of anilines is 1. The van der Waals surface area contributed by atoms with E-state index < -0.39 is 17.3 Å². The number of nitrogens with one attached hydrogen (secondary N) is 1. The van der Waals surface area contributed by atoms with E-state index in [1.807, 2.05) is 4.90 Å². The van der Waals surface area contributed by atoms with Crippen LogP contribution >= 0.6 is 0 Å². The summed E-state index contributed by atoms with van der Waals surface area (Å²) in [4.78, 5) is 10.5. The van der Waals surface area contributed by atoms with Crippen LogP contribution in [0, 0.1) is 5.92 Å². The molecule has 1 aliphatic rings. The number of aromatic nitrogens is 4. The number of alkyl halides is 3. The van der Waals surface area contributed by atoms with Gasteiger partial charge in [-0.1, -0.05) is 13.8 Å². The molecule has 3 aromatic heterocycles. The van der Waals surface area contributed by atoms with Crippen molar-refractivity contribution < 1.29 is 20.8 Å². The van der Waals surface area contributed by atoms with Crippen LogP contribution in [0.1, 0.15) is 28.7 Å². The molecular formula is C21H29F3N6O. The third-order valence-electron chi connectivity index (χ3n) is 5.48. The third-order valence-corrected chi connectivity index (χ3v) is 5.48. The number of pyridine rings is 2. The average molecular weight is 438 g/mol. The Morgan fingerprint density at radius 3 is 2.84 bits per heavy atom. The molecule has 1 saturated heterocycles. The molecule has 10 heteroatoms. The lowest BCUT2D eigenvalue weighted by Gasteiger charge is -2.43. The van der Waals surface area contributed by atoms with Crippen molar-refractivity contribution >= 4 is 16.9 Å². The molecular weight excluding hydrogens is 409 g/mol. The zero-order chi connectivity index (χ0) is 22.2. The summed E-state index contributed by atoms with van der Waals surface area (Å²) >= 11 is 0. The molecule has 1 fully saturated rings. The molecule has 0 aliphatic carbocycles. The Bertz CT molecular complexity index is 1080. The second-order valence-corrected chi connectivity index (χ2v) is 8.29. The number of halogens is 3. The molecule has 1 unspecified atom stereocenters. The topological polar surface area (TPSA) is 93.0 Å². The molecule has 31 heavy (non-hydrogen) atoms. The first-order valence-corrected chi connectivity index (χ1v) is 10.2. The van der Waals surface area contributed by atoms with E-state index in [4.69, 9.17) is 10.5 Å². The molecule has 1 atom stereocenters. The highest BCUT2D eigenvalue weighted by atomic mass is 19.4. The van der Waals surface area contributed by atoms with E-state index in [9.17, 15) is 13.2 Å². The van der Waals surface area contributed by atoms with Crippen LogP contribution in [0.5, 0.6) is 0 Å². The van der Waals surface area contributed by atoms with Gasteiger partial charge in [0.1, 0.15) is 11.5 Å². The number of H-pyrrole nitrogens is 1. The van der Waals surface area contributed by atoms with Crippen LogP contribution < -0.4 is 10.6 Å². The Labute approximate surface area is 180 Å². The average Bonchev–Trinajstić information content (AvgIpc) is 3.16. The number of rotatable bonds is 5. The first-order valence-electron chi connectivity index (χ1n) is 10.2. The zero-order valence-corrected chi connectivity index (χ0v) is 17.4. The van der Waals surface area contributed by atoms with E-state index in [2.05, 4.69) is 34.0 Å². The van der Waals surface area contributed by atoms with Crippen molar-refractivity contribution in [2.45, 2.75) is 32.0 Å². The second-order valence-electron chi connectivity index (χ2n) is 8.29. The summed E-state index contributed by atoms with van der Waals surface area (Å²) < 4.78 is 47.4. The van der Waals surface area contributed by atoms with Gasteiger partial charge in [-0.05, 0) is 36.6 Å². The Kier molecular flexibility index (Phi) is 5.61. The van der Waals surface area contributed by atoms with Gasteiger partial charge in [0.25, 0.3) is 0 Å². The molecule has 7 nitrogen and oxygen atoms in total. The van der Waals surface area contributed by atoms with Crippen LogP contribution in [-0.2, 0) is 10.9 Å². The van der Waals surface area contributed by atoms with Gasteiger partial charge in [-0.25, -0.2) is 9.97 Å². The van der Waals surface area contributed by atoms with E-state index in [0.29, 0.717) is 49.0 Å². The van der Waals surface area contributed by atoms with Gasteiger partial charge < -0.3 is 15.4 Å². The van der Waals surface area contributed by atoms with Crippen LogP contribution in [-0.4, -0.2) is 52.0 Å². The number of nitrogens with two attached hydrogens (primary N) is 1. The normalized spacial score (nSPS) is 20.0. The fraction of sp³-hybridized carbons (Fsp3) is 0.476. The summed E-state index contributed by atoms with van der Waals surface area (Å²) in [7, 11) is 0. The molecule has 0 aromatic carbocycles. The molecule has 0 saturated carbocycles. The monoisotopic (exact) mass is 438 g/mol. The minimum Gasteiger partial charge on any atom is -0.370 e. The Hall–Kier alpha value is -2.72. The number of hydrogen-bond acceptors (Lipinski definition) is 6. The van der Waals surface area contributed by atoms with E-state index in [1.54, 1.807) is 12.1 Å². The fourth-order valence-electron chi connectivity index (χ4n) is 4.19. The van der Waals surface area contributed by atoms with E-state index >= 15 is 0 Å². The molecule has 4 heterocycles. The molecule has 0 bridgehead atoms. The first-order chi connectivity index (χ1) is 14.7. The van der Waals surface area contributed by atoms with Gasteiger partial charge in [0.15, 0.2) is 5.65 Å². The molecule has 1 aliphatic heterocycles. The van der Waals surface area contributed by atoms with Crippen LogP contribution in [0.4, 0.5) is 19.0 Å². The van der Waals surface area contributed by atoms with Crippen LogP contribution in [0.15, 0.2) is 30.5 Å². The highest BCUT2D eigenvalue weighted by Crippen LogP contribution is 2.39. The summed E-state index contributed by atoms with van der Waals surface area (Å²) in [6.45, 7) is 5.91. The SMILES string of the molecule is CC(C)CC1(CN)CN(c2ccc(C(F)(F)F)c(-c3[nH]nc4ncccc34)n2)CCO1.[HH].[HH]. The van der Waals surface area contributed by atoms with E-state index in [0.717, 1.165) is 12.5 Å². The number of fused-ring (bicyclic) bond motifs is 1. The maximum Gasteiger partial charge on any atom is 0.418 e. The quantitative estimate of drug-likeness (QED) is 0.623. The van der Waals surface area contributed by atoms with Gasteiger partial charge in [-0.15, -0.1) is 0 Å². The maximum atomic E-state index is 13.8. The van der Waals surface area contributed by atoms with Crippen molar-refractivity contribution in [2.75, 3.05) is 31.1 Å². The van der Waals surface area contributed by atoms with Gasteiger partial charge >= 0.3 is 6.18 Å². The van der Waals surface area contributed by atoms with E-state index in [-0.39, 0.29) is 14.2 Å². The van der Waals surface area contributed by atoms with E-state index in [1.165, 1.54) is 12.3 Å². The highest BCUT2D eigenvalue weighted by Gasteiger charge is 2.39. The summed E-state index contributed by atoms with van der Waals surface area (Å²) in [5.74, 6) is 0.808. The maximum absolute atomic E-state index is 13.8. The number of ether oxygens (including phenoxy) is 1. The largest absolute Gasteiger partial charge is 0.418 e. The van der Waals surface area contributed by atoms with Crippen molar-refractivity contribution in [2.24, 2.45) is 11.7 Å². The Balaban J connectivity index is 0.00000193. The summed E-state index contributed by atoms with van der Waals surface area (Å²) in [5.41, 5.74) is 4.98. The summed E-state index contributed by atoms with van der Waals surface area (Å²) in [5, 5.41) is 7.21. The van der Waals surface area contributed by atoms with Gasteiger partial charge in [-0.2, -0.15) is 18.3 Å². The van der Waals surface area contributed by atoms with Gasteiger partial charge in [0, 0.05) is 34.1 Å². The second kappa shape index (κ2) is 8.08. The van der Waals surface area contributed by atoms with Crippen LogP contribution in [0.3, 0.4) is 0 Å². The van der Waals surface area contributed by atoms with Gasteiger partial charge in [-0.3, -0.25) is 5.10 Å². The Morgan fingerprint density at radius 1 is 1.32 bits per heavy atom. The standard InChI is InChI=1S/C21H25F3N6O.2H2/c1-13(2)10-20(11-25)12-30(8-9-31-20)16-6-5-15(21(22,23)24)18(27-16)17-14-4-3-7-26-19(14)29-28-17;;/h3-7,13H,8-12,25H2,1-2H3,(H,26,28,29);2*1H. The minimum absolute atomic E-state index is 0. The summed E-state index contributed by atoms with van der Waals surface area (Å²) in [6, 6.07) is 5.81. The number of aromatic amines is 1. The van der Waals surface area contributed by atoms with Crippen molar-refractivity contribution in [3.05, 3.63) is 36.0 Å². The lowest BCUT2D eigenvalue weighted by molar-refractivity contribution is -0.137. The first kappa shape index (κ1) is 21.5. The van der Waals surface area contributed by atoms with Gasteiger partial charge in [0.2, 0.25) is 0 Å². The lowest BCUT2D eigenvalue weighted by atomic mass is 9.90. The molecule has 170 valence electrons. The molecule has 0 spiro atoms. The van der Waals surface area contributed by atoms with Crippen molar-refractivity contribution in [3.8, 4) is 11.4 Å². The number of nitrogens with zero attached hydrogens (tertiary/aromatic N) is 4. The van der Waals surface area contributed by atoms with Crippen molar-refractivity contribution in [1.82, 2.24) is 20.2 Å². The number of hydrogen-bond donors (Lipinski definition) is 2. The lowest BCUT2D eigenvalue weighted by Crippen LogP contribution is -2.56. The van der Waals surface area contributed by atoms with Crippen LogP contribution in [0.25, 0.3) is 22.4 Å². The molecule has 0 radical (unpaired) electrons. The third kappa shape index (κ3) is 4.22. The van der Waals surface area contributed by atoms with Gasteiger partial charge in [0.05, 0.1) is 23.5 Å².